The van der Waals surface area contributed by atoms with Crippen LogP contribution >= 0.6 is 0 Å². The van der Waals surface area contributed by atoms with Gasteiger partial charge in [0, 0.05) is 19.6 Å². The molecule has 0 aliphatic heterocycles. The van der Waals surface area contributed by atoms with Gasteiger partial charge in [-0.25, -0.2) is 0 Å². The second-order valence-electron chi connectivity index (χ2n) is 5.78. The Labute approximate surface area is 112 Å². The van der Waals surface area contributed by atoms with Crippen LogP contribution < -0.4 is 5.32 Å². The Morgan fingerprint density at radius 2 is 1.67 bits per heavy atom. The van der Waals surface area contributed by atoms with E-state index in [1.165, 1.54) is 0 Å². The smallest absolute Gasteiger partial charge is 0.320 e. The first-order chi connectivity index (χ1) is 8.36. The first-order valence-corrected chi connectivity index (χ1v) is 7.05. The first-order valence-electron chi connectivity index (χ1n) is 7.05. The van der Waals surface area contributed by atoms with Crippen molar-refractivity contribution in [3.8, 4) is 0 Å². The predicted molar refractivity (Wildman–Crippen MR) is 75.8 cm³/mol. The minimum absolute atomic E-state index is 0.420. The molecule has 0 amide bonds. The van der Waals surface area contributed by atoms with Crippen molar-refractivity contribution < 1.29 is 9.90 Å². The molecule has 0 aliphatic rings. The zero-order valence-corrected chi connectivity index (χ0v) is 12.6. The molecule has 0 aromatic rings. The maximum atomic E-state index is 11.1. The van der Waals surface area contributed by atoms with Gasteiger partial charge in [0.2, 0.25) is 0 Å². The van der Waals surface area contributed by atoms with Crippen LogP contribution in [-0.4, -0.2) is 48.2 Å². The zero-order valence-electron chi connectivity index (χ0n) is 12.6. The van der Waals surface area contributed by atoms with Crippen molar-refractivity contribution in [1.82, 2.24) is 10.2 Å². The Morgan fingerprint density at radius 1 is 1.17 bits per heavy atom. The monoisotopic (exact) mass is 258 g/mol. The molecule has 108 valence electrons. The van der Waals surface area contributed by atoms with Gasteiger partial charge in [-0.05, 0) is 24.8 Å². The average Bonchev–Trinajstić information content (AvgIpc) is 2.21. The summed E-state index contributed by atoms with van der Waals surface area (Å²) in [5.41, 5.74) is 0. The standard InChI is InChI=1S/C14H30N2O2/c1-6-15-13(14(17)18)7-8-16(9-11(2)3)10-12(4)5/h11-13,15H,6-10H2,1-5H3,(H,17,18). The van der Waals surface area contributed by atoms with Gasteiger partial charge >= 0.3 is 5.97 Å². The quantitative estimate of drug-likeness (QED) is 0.630. The fraction of sp³-hybridized carbons (Fsp3) is 0.929. The second-order valence-corrected chi connectivity index (χ2v) is 5.78. The summed E-state index contributed by atoms with van der Waals surface area (Å²) in [7, 11) is 0. The first kappa shape index (κ1) is 17.4. The lowest BCUT2D eigenvalue weighted by molar-refractivity contribution is -0.139. The molecular formula is C14H30N2O2. The van der Waals surface area contributed by atoms with Crippen LogP contribution in [0.15, 0.2) is 0 Å². The number of aliphatic carboxylic acids is 1. The Kier molecular flexibility index (Phi) is 9.02. The normalized spacial score (nSPS) is 13.6. The van der Waals surface area contributed by atoms with Gasteiger partial charge in [-0.15, -0.1) is 0 Å². The highest BCUT2D eigenvalue weighted by Crippen LogP contribution is 2.06. The molecule has 0 bridgehead atoms. The number of hydrogen-bond acceptors (Lipinski definition) is 3. The molecule has 0 saturated carbocycles. The number of carbonyl (C=O) groups is 1. The van der Waals surface area contributed by atoms with Crippen molar-refractivity contribution in [3.63, 3.8) is 0 Å². The highest BCUT2D eigenvalue weighted by atomic mass is 16.4. The number of nitrogens with one attached hydrogen (secondary N) is 1. The molecule has 0 spiro atoms. The van der Waals surface area contributed by atoms with E-state index in [1.807, 2.05) is 6.92 Å². The second kappa shape index (κ2) is 9.34. The molecule has 0 aliphatic carbocycles. The third kappa shape index (κ3) is 8.48. The summed E-state index contributed by atoms with van der Waals surface area (Å²) in [5, 5.41) is 12.1. The van der Waals surface area contributed by atoms with Crippen molar-refractivity contribution in [3.05, 3.63) is 0 Å². The molecule has 0 fully saturated rings. The SMILES string of the molecule is CCNC(CCN(CC(C)C)CC(C)C)C(=O)O. The van der Waals surface area contributed by atoms with Gasteiger partial charge in [-0.1, -0.05) is 34.6 Å². The van der Waals surface area contributed by atoms with E-state index >= 15 is 0 Å². The summed E-state index contributed by atoms with van der Waals surface area (Å²) in [6.45, 7) is 14.4. The molecule has 18 heavy (non-hydrogen) atoms. The molecule has 2 N–H and O–H groups in total. The Hall–Kier alpha value is -0.610. The summed E-state index contributed by atoms with van der Waals surface area (Å²) in [5.74, 6) is 0.489. The van der Waals surface area contributed by atoms with Gasteiger partial charge in [-0.3, -0.25) is 4.79 Å². The van der Waals surface area contributed by atoms with E-state index in [1.54, 1.807) is 0 Å². The number of nitrogens with zero attached hydrogens (tertiary/aromatic N) is 1. The average molecular weight is 258 g/mol. The summed E-state index contributed by atoms with van der Waals surface area (Å²) < 4.78 is 0. The summed E-state index contributed by atoms with van der Waals surface area (Å²) in [6, 6.07) is -0.420. The molecule has 0 aromatic heterocycles. The van der Waals surface area contributed by atoms with Gasteiger partial charge in [-0.2, -0.15) is 0 Å². The van der Waals surface area contributed by atoms with Crippen molar-refractivity contribution >= 4 is 5.97 Å². The number of carboxylic acid groups (broad SMARTS) is 1. The van der Waals surface area contributed by atoms with Gasteiger partial charge in [0.05, 0.1) is 0 Å². The third-order valence-corrected chi connectivity index (χ3v) is 2.73. The van der Waals surface area contributed by atoms with E-state index in [4.69, 9.17) is 5.11 Å². The predicted octanol–water partition coefficient (Wildman–Crippen LogP) is 2.05. The fourth-order valence-corrected chi connectivity index (χ4v) is 2.16. The fourth-order valence-electron chi connectivity index (χ4n) is 2.16. The van der Waals surface area contributed by atoms with E-state index in [2.05, 4.69) is 37.9 Å². The van der Waals surface area contributed by atoms with Crippen LogP contribution in [0.3, 0.4) is 0 Å². The van der Waals surface area contributed by atoms with Crippen LogP contribution in [0.4, 0.5) is 0 Å². The molecule has 0 aromatic carbocycles. The summed E-state index contributed by atoms with van der Waals surface area (Å²) >= 11 is 0. The van der Waals surface area contributed by atoms with Crippen molar-refractivity contribution in [2.75, 3.05) is 26.2 Å². The molecule has 0 rings (SSSR count). The van der Waals surface area contributed by atoms with Crippen LogP contribution in [0.2, 0.25) is 0 Å². The Morgan fingerprint density at radius 3 is 2.00 bits per heavy atom. The maximum absolute atomic E-state index is 11.1. The van der Waals surface area contributed by atoms with Crippen LogP contribution in [0.25, 0.3) is 0 Å². The molecule has 4 nitrogen and oxygen atoms in total. The lowest BCUT2D eigenvalue weighted by atomic mass is 10.1. The minimum atomic E-state index is -0.745. The van der Waals surface area contributed by atoms with Gasteiger partial charge in [0.25, 0.3) is 0 Å². The van der Waals surface area contributed by atoms with Crippen LogP contribution in [-0.2, 0) is 4.79 Å². The molecule has 0 saturated heterocycles. The molecule has 1 unspecified atom stereocenters. The number of rotatable bonds is 10. The van der Waals surface area contributed by atoms with E-state index < -0.39 is 12.0 Å². The summed E-state index contributed by atoms with van der Waals surface area (Å²) in [6.07, 6.45) is 0.669. The van der Waals surface area contributed by atoms with Crippen molar-refractivity contribution in [2.24, 2.45) is 11.8 Å². The Bertz CT molecular complexity index is 220. The summed E-state index contributed by atoms with van der Waals surface area (Å²) in [4.78, 5) is 13.4. The molecule has 0 heterocycles. The van der Waals surface area contributed by atoms with E-state index in [0.29, 0.717) is 24.8 Å². The van der Waals surface area contributed by atoms with E-state index in [-0.39, 0.29) is 0 Å². The molecular weight excluding hydrogens is 228 g/mol. The number of likely N-dealkylation sites (N-methyl/N-ethyl adjacent to an activating group) is 1. The lowest BCUT2D eigenvalue weighted by Crippen LogP contribution is -2.41. The van der Waals surface area contributed by atoms with Crippen LogP contribution in [0, 0.1) is 11.8 Å². The third-order valence-electron chi connectivity index (χ3n) is 2.73. The van der Waals surface area contributed by atoms with Gasteiger partial charge in [0.15, 0.2) is 0 Å². The highest BCUT2D eigenvalue weighted by Gasteiger charge is 2.18. The van der Waals surface area contributed by atoms with Crippen molar-refractivity contribution in [2.45, 2.75) is 47.1 Å². The largest absolute Gasteiger partial charge is 0.480 e. The van der Waals surface area contributed by atoms with Crippen LogP contribution in [0.1, 0.15) is 41.0 Å². The molecule has 1 atom stereocenters. The molecule has 0 radical (unpaired) electrons. The van der Waals surface area contributed by atoms with E-state index in [0.717, 1.165) is 19.6 Å². The minimum Gasteiger partial charge on any atom is -0.480 e. The van der Waals surface area contributed by atoms with Crippen LogP contribution in [0.5, 0.6) is 0 Å². The lowest BCUT2D eigenvalue weighted by Gasteiger charge is -2.27. The Balaban J connectivity index is 4.24. The zero-order chi connectivity index (χ0) is 14.1. The maximum Gasteiger partial charge on any atom is 0.320 e. The van der Waals surface area contributed by atoms with Gasteiger partial charge < -0.3 is 15.3 Å². The topological polar surface area (TPSA) is 52.6 Å². The van der Waals surface area contributed by atoms with E-state index in [9.17, 15) is 4.79 Å². The number of hydrogen-bond donors (Lipinski definition) is 2. The molecule has 4 heteroatoms. The highest BCUT2D eigenvalue weighted by molar-refractivity contribution is 5.73. The van der Waals surface area contributed by atoms with Gasteiger partial charge in [0.1, 0.15) is 6.04 Å². The van der Waals surface area contributed by atoms with Crippen molar-refractivity contribution in [1.29, 1.82) is 0 Å². The number of carboxylic acids is 1.